The number of carbonyl (C=O) groups is 1. The van der Waals surface area contributed by atoms with Crippen LogP contribution >= 0.6 is 11.3 Å². The SMILES string of the molecule is CCOC(=O)c1sc(NC2C3C4CCC(C4)C23)cc1N. The van der Waals surface area contributed by atoms with Gasteiger partial charge in [-0.05, 0) is 55.9 Å². The van der Waals surface area contributed by atoms with Crippen molar-refractivity contribution in [1.82, 2.24) is 0 Å². The van der Waals surface area contributed by atoms with Gasteiger partial charge in [0.1, 0.15) is 4.88 Å². The third-order valence-corrected chi connectivity index (χ3v) is 6.33. The van der Waals surface area contributed by atoms with Crippen molar-refractivity contribution in [3.63, 3.8) is 0 Å². The second-order valence-electron chi connectivity index (χ2n) is 6.27. The standard InChI is InChI=1S/C15H20N2O2S/c1-2-19-15(18)14-9(16)6-10(20-14)17-13-11-7-3-4-8(5-7)12(11)13/h6-8,11-13,17H,2-5,16H2,1H3. The molecule has 108 valence electrons. The van der Waals surface area contributed by atoms with Gasteiger partial charge in [-0.15, -0.1) is 11.3 Å². The number of hydrogen-bond donors (Lipinski definition) is 2. The Morgan fingerprint density at radius 1 is 1.45 bits per heavy atom. The monoisotopic (exact) mass is 292 g/mol. The lowest BCUT2D eigenvalue weighted by molar-refractivity contribution is 0.0533. The zero-order chi connectivity index (χ0) is 13.9. The van der Waals surface area contributed by atoms with E-state index < -0.39 is 0 Å². The molecular weight excluding hydrogens is 272 g/mol. The summed E-state index contributed by atoms with van der Waals surface area (Å²) in [6.07, 6.45) is 4.30. The van der Waals surface area contributed by atoms with Crippen molar-refractivity contribution in [3.05, 3.63) is 10.9 Å². The molecule has 1 heterocycles. The second-order valence-corrected chi connectivity index (χ2v) is 7.33. The molecule has 4 rings (SSSR count). The topological polar surface area (TPSA) is 64.3 Å². The molecule has 20 heavy (non-hydrogen) atoms. The van der Waals surface area contributed by atoms with Gasteiger partial charge < -0.3 is 15.8 Å². The molecule has 2 bridgehead atoms. The van der Waals surface area contributed by atoms with Gasteiger partial charge in [0.2, 0.25) is 0 Å². The van der Waals surface area contributed by atoms with Crippen molar-refractivity contribution in [2.24, 2.45) is 23.7 Å². The number of ether oxygens (including phenoxy) is 1. The number of esters is 1. The molecule has 3 aliphatic carbocycles. The van der Waals surface area contributed by atoms with E-state index in [9.17, 15) is 4.79 Å². The van der Waals surface area contributed by atoms with Crippen LogP contribution in [-0.4, -0.2) is 18.6 Å². The minimum absolute atomic E-state index is 0.306. The molecule has 0 aliphatic heterocycles. The number of thiophene rings is 1. The first-order valence-corrected chi connectivity index (χ1v) is 8.33. The van der Waals surface area contributed by atoms with Crippen molar-refractivity contribution in [2.45, 2.75) is 32.2 Å². The molecule has 4 nitrogen and oxygen atoms in total. The zero-order valence-electron chi connectivity index (χ0n) is 11.6. The van der Waals surface area contributed by atoms with Gasteiger partial charge in [0.15, 0.2) is 0 Å². The van der Waals surface area contributed by atoms with Crippen LogP contribution in [0.1, 0.15) is 35.9 Å². The number of anilines is 2. The van der Waals surface area contributed by atoms with E-state index in [-0.39, 0.29) is 5.97 Å². The molecule has 0 saturated heterocycles. The Balaban J connectivity index is 1.46. The van der Waals surface area contributed by atoms with Crippen LogP contribution in [0.3, 0.4) is 0 Å². The summed E-state index contributed by atoms with van der Waals surface area (Å²) in [6.45, 7) is 2.19. The summed E-state index contributed by atoms with van der Waals surface area (Å²) in [7, 11) is 0. The molecule has 3 N–H and O–H groups in total. The summed E-state index contributed by atoms with van der Waals surface area (Å²) in [6, 6.07) is 2.50. The molecular formula is C15H20N2O2S. The van der Waals surface area contributed by atoms with Crippen LogP contribution in [0.25, 0.3) is 0 Å². The maximum atomic E-state index is 11.8. The first-order valence-electron chi connectivity index (χ1n) is 7.52. The van der Waals surface area contributed by atoms with Gasteiger partial charge in [0.05, 0.1) is 17.3 Å². The van der Waals surface area contributed by atoms with Crippen LogP contribution in [0.4, 0.5) is 10.7 Å². The van der Waals surface area contributed by atoms with Crippen molar-refractivity contribution in [3.8, 4) is 0 Å². The number of rotatable bonds is 4. The smallest absolute Gasteiger partial charge is 0.350 e. The summed E-state index contributed by atoms with van der Waals surface area (Å²) in [5.41, 5.74) is 6.45. The first kappa shape index (κ1) is 12.5. The summed E-state index contributed by atoms with van der Waals surface area (Å²) < 4.78 is 5.03. The number of nitrogens with two attached hydrogens (primary N) is 1. The summed E-state index contributed by atoms with van der Waals surface area (Å²) in [5.74, 6) is 3.35. The quantitative estimate of drug-likeness (QED) is 0.837. The Hall–Kier alpha value is -1.23. The van der Waals surface area contributed by atoms with Gasteiger partial charge in [-0.3, -0.25) is 0 Å². The van der Waals surface area contributed by atoms with Crippen LogP contribution in [0.5, 0.6) is 0 Å². The Bertz CT molecular complexity index is 540. The molecule has 3 aliphatic rings. The second kappa shape index (κ2) is 4.38. The van der Waals surface area contributed by atoms with Crippen LogP contribution in [-0.2, 0) is 4.74 Å². The van der Waals surface area contributed by atoms with Gasteiger partial charge in [0, 0.05) is 6.04 Å². The molecule has 0 spiro atoms. The summed E-state index contributed by atoms with van der Waals surface area (Å²) in [5, 5.41) is 4.63. The van der Waals surface area contributed by atoms with Crippen LogP contribution < -0.4 is 11.1 Å². The molecule has 4 unspecified atom stereocenters. The molecule has 3 saturated carbocycles. The van der Waals surface area contributed by atoms with E-state index in [1.165, 1.54) is 30.6 Å². The predicted molar refractivity (Wildman–Crippen MR) is 79.9 cm³/mol. The Morgan fingerprint density at radius 3 is 2.80 bits per heavy atom. The number of hydrogen-bond acceptors (Lipinski definition) is 5. The van der Waals surface area contributed by atoms with Crippen LogP contribution in [0.2, 0.25) is 0 Å². The average molecular weight is 292 g/mol. The highest BCUT2D eigenvalue weighted by molar-refractivity contribution is 7.18. The minimum atomic E-state index is -0.306. The molecule has 1 aromatic rings. The van der Waals surface area contributed by atoms with Crippen molar-refractivity contribution in [2.75, 3.05) is 17.7 Å². The number of fused-ring (bicyclic) bond motifs is 5. The summed E-state index contributed by atoms with van der Waals surface area (Å²) >= 11 is 1.43. The van der Waals surface area contributed by atoms with Gasteiger partial charge >= 0.3 is 5.97 Å². The zero-order valence-corrected chi connectivity index (χ0v) is 12.4. The fraction of sp³-hybridized carbons (Fsp3) is 0.667. The van der Waals surface area contributed by atoms with Gasteiger partial charge in [-0.25, -0.2) is 4.79 Å². The lowest BCUT2D eigenvalue weighted by atomic mass is 10.0. The normalized spacial score (nSPS) is 36.8. The fourth-order valence-corrected chi connectivity index (χ4v) is 5.43. The minimum Gasteiger partial charge on any atom is -0.462 e. The van der Waals surface area contributed by atoms with E-state index in [0.717, 1.165) is 28.7 Å². The molecule has 4 atom stereocenters. The van der Waals surface area contributed by atoms with E-state index in [1.54, 1.807) is 0 Å². The largest absolute Gasteiger partial charge is 0.462 e. The van der Waals surface area contributed by atoms with Crippen LogP contribution in [0.15, 0.2) is 6.07 Å². The highest BCUT2D eigenvalue weighted by Gasteiger charge is 2.65. The lowest BCUT2D eigenvalue weighted by Gasteiger charge is -2.09. The van der Waals surface area contributed by atoms with E-state index in [1.807, 2.05) is 13.0 Å². The van der Waals surface area contributed by atoms with E-state index in [2.05, 4.69) is 5.32 Å². The van der Waals surface area contributed by atoms with Crippen LogP contribution in [0, 0.1) is 23.7 Å². The van der Waals surface area contributed by atoms with Gasteiger partial charge in [0.25, 0.3) is 0 Å². The van der Waals surface area contributed by atoms with E-state index in [4.69, 9.17) is 10.5 Å². The molecule has 3 fully saturated rings. The van der Waals surface area contributed by atoms with Crippen molar-refractivity contribution in [1.29, 1.82) is 0 Å². The first-order chi connectivity index (χ1) is 9.69. The van der Waals surface area contributed by atoms with Crippen molar-refractivity contribution < 1.29 is 9.53 Å². The highest BCUT2D eigenvalue weighted by Crippen LogP contribution is 2.66. The maximum absolute atomic E-state index is 11.8. The molecule has 0 radical (unpaired) electrons. The third-order valence-electron chi connectivity index (χ3n) is 5.27. The summed E-state index contributed by atoms with van der Waals surface area (Å²) in [4.78, 5) is 12.3. The number of nitrogen functional groups attached to an aromatic ring is 1. The average Bonchev–Trinajstić information content (AvgIpc) is 2.80. The van der Waals surface area contributed by atoms with Gasteiger partial charge in [-0.1, -0.05) is 0 Å². The Morgan fingerprint density at radius 2 is 2.15 bits per heavy atom. The number of nitrogens with one attached hydrogen (secondary N) is 1. The Labute approximate surface area is 122 Å². The van der Waals surface area contributed by atoms with E-state index in [0.29, 0.717) is 23.2 Å². The molecule has 0 aromatic carbocycles. The lowest BCUT2D eigenvalue weighted by Crippen LogP contribution is -2.11. The fourth-order valence-electron chi connectivity index (χ4n) is 4.52. The van der Waals surface area contributed by atoms with Gasteiger partial charge in [-0.2, -0.15) is 0 Å². The Kier molecular flexibility index (Phi) is 2.74. The third kappa shape index (κ3) is 1.75. The molecule has 1 aromatic heterocycles. The van der Waals surface area contributed by atoms with Crippen molar-refractivity contribution >= 4 is 28.0 Å². The number of carbonyl (C=O) groups excluding carboxylic acids is 1. The predicted octanol–water partition coefficient (Wildman–Crippen LogP) is 2.96. The highest BCUT2D eigenvalue weighted by atomic mass is 32.1. The molecule has 5 heteroatoms. The van der Waals surface area contributed by atoms with E-state index >= 15 is 0 Å². The maximum Gasteiger partial charge on any atom is 0.350 e. The molecule has 0 amide bonds.